The summed E-state index contributed by atoms with van der Waals surface area (Å²) in [5.41, 5.74) is 3.01. The van der Waals surface area contributed by atoms with Gasteiger partial charge in [-0.3, -0.25) is 10.3 Å². The van der Waals surface area contributed by atoms with Crippen LogP contribution >= 0.6 is 11.6 Å². The maximum absolute atomic E-state index is 12.3. The standard InChI is InChI=1S/C23H27ClN4O3/c1-22(2,3)16-6-8-17(9-7-16)26-21(29)30-28-13-10-23(11-14-28)15-19(27-31-23)20-18(24)5-4-12-25-20/h4-9,12H,10-11,13-15H2,1-3H3,(H,26,29). The Labute approximate surface area is 187 Å². The zero-order chi connectivity index (χ0) is 22.1. The molecular formula is C23H27ClN4O3. The van der Waals surface area contributed by atoms with Gasteiger partial charge in [0, 0.05) is 44.2 Å². The Bertz CT molecular complexity index is 977. The van der Waals surface area contributed by atoms with E-state index in [4.69, 9.17) is 21.3 Å². The molecule has 0 saturated carbocycles. The Morgan fingerprint density at radius 3 is 2.55 bits per heavy atom. The van der Waals surface area contributed by atoms with Crippen LogP contribution in [-0.4, -0.2) is 40.5 Å². The van der Waals surface area contributed by atoms with E-state index in [9.17, 15) is 4.79 Å². The lowest BCUT2D eigenvalue weighted by Gasteiger charge is -2.35. The van der Waals surface area contributed by atoms with Crippen LogP contribution in [0.2, 0.25) is 5.02 Å². The van der Waals surface area contributed by atoms with E-state index in [1.54, 1.807) is 23.4 Å². The molecule has 0 unspecified atom stereocenters. The van der Waals surface area contributed by atoms with Crippen LogP contribution < -0.4 is 5.32 Å². The fourth-order valence-electron chi connectivity index (χ4n) is 3.81. The van der Waals surface area contributed by atoms with Gasteiger partial charge in [-0.1, -0.05) is 49.7 Å². The molecule has 164 valence electrons. The third kappa shape index (κ3) is 4.99. The molecule has 1 amide bonds. The third-order valence-corrected chi connectivity index (χ3v) is 6.02. The van der Waals surface area contributed by atoms with Gasteiger partial charge in [0.15, 0.2) is 0 Å². The quantitative estimate of drug-likeness (QED) is 0.710. The summed E-state index contributed by atoms with van der Waals surface area (Å²) in [6.45, 7) is 7.59. The molecule has 7 nitrogen and oxygen atoms in total. The predicted molar refractivity (Wildman–Crippen MR) is 120 cm³/mol. The number of nitrogens with one attached hydrogen (secondary N) is 1. The molecule has 0 atom stereocenters. The molecule has 3 heterocycles. The number of amides is 1. The first-order valence-corrected chi connectivity index (χ1v) is 10.8. The summed E-state index contributed by atoms with van der Waals surface area (Å²) in [6, 6.07) is 11.4. The number of carbonyl (C=O) groups is 1. The van der Waals surface area contributed by atoms with Crippen LogP contribution in [0.3, 0.4) is 0 Å². The monoisotopic (exact) mass is 442 g/mol. The number of oxime groups is 1. The smallest absolute Gasteiger partial charge is 0.388 e. The molecule has 0 aliphatic carbocycles. The van der Waals surface area contributed by atoms with Gasteiger partial charge in [-0.2, -0.15) is 0 Å². The molecule has 1 fully saturated rings. The van der Waals surface area contributed by atoms with Crippen molar-refractivity contribution < 1.29 is 14.5 Å². The van der Waals surface area contributed by atoms with E-state index >= 15 is 0 Å². The number of hydroxylamine groups is 2. The highest BCUT2D eigenvalue weighted by Gasteiger charge is 2.43. The predicted octanol–water partition coefficient (Wildman–Crippen LogP) is 5.16. The first kappa shape index (κ1) is 21.6. The van der Waals surface area contributed by atoms with E-state index in [0.29, 0.717) is 48.8 Å². The molecule has 2 aliphatic heterocycles. The summed E-state index contributed by atoms with van der Waals surface area (Å²) < 4.78 is 0. The minimum atomic E-state index is -0.496. The zero-order valence-corrected chi connectivity index (χ0v) is 18.8. The molecule has 1 N–H and O–H groups in total. The van der Waals surface area contributed by atoms with Gasteiger partial charge in [0.2, 0.25) is 0 Å². The first-order valence-electron chi connectivity index (χ1n) is 10.4. The zero-order valence-electron chi connectivity index (χ0n) is 18.0. The van der Waals surface area contributed by atoms with Crippen molar-refractivity contribution in [2.45, 2.75) is 51.0 Å². The second-order valence-electron chi connectivity index (χ2n) is 9.08. The highest BCUT2D eigenvalue weighted by Crippen LogP contribution is 2.37. The van der Waals surface area contributed by atoms with Crippen LogP contribution in [0.1, 0.15) is 51.3 Å². The lowest BCUT2D eigenvalue weighted by molar-refractivity contribution is -0.154. The number of aromatic nitrogens is 1. The Morgan fingerprint density at radius 2 is 1.90 bits per heavy atom. The van der Waals surface area contributed by atoms with Crippen molar-refractivity contribution >= 4 is 29.1 Å². The van der Waals surface area contributed by atoms with Crippen molar-refractivity contribution in [3.8, 4) is 0 Å². The fraction of sp³-hybridized carbons (Fsp3) is 0.435. The molecule has 1 saturated heterocycles. The number of pyridine rings is 1. The SMILES string of the molecule is CC(C)(C)c1ccc(NC(=O)ON2CCC3(CC2)CC(c2ncccc2Cl)=NO3)cc1. The second-order valence-corrected chi connectivity index (χ2v) is 9.49. The molecule has 4 rings (SSSR count). The van der Waals surface area contributed by atoms with Gasteiger partial charge in [0.1, 0.15) is 17.0 Å². The van der Waals surface area contributed by atoms with E-state index < -0.39 is 11.7 Å². The van der Waals surface area contributed by atoms with Crippen molar-refractivity contribution in [3.63, 3.8) is 0 Å². The Balaban J connectivity index is 1.27. The first-order chi connectivity index (χ1) is 14.7. The van der Waals surface area contributed by atoms with Gasteiger partial charge in [-0.25, -0.2) is 4.79 Å². The number of hydrogen-bond donors (Lipinski definition) is 1. The van der Waals surface area contributed by atoms with Crippen LogP contribution in [0.4, 0.5) is 10.5 Å². The van der Waals surface area contributed by atoms with Crippen LogP contribution in [0, 0.1) is 0 Å². The molecule has 31 heavy (non-hydrogen) atoms. The van der Waals surface area contributed by atoms with E-state index in [-0.39, 0.29) is 5.41 Å². The average molecular weight is 443 g/mol. The van der Waals surface area contributed by atoms with Gasteiger partial charge < -0.3 is 9.68 Å². The van der Waals surface area contributed by atoms with E-state index in [2.05, 4.69) is 36.2 Å². The van der Waals surface area contributed by atoms with E-state index in [1.165, 1.54) is 5.56 Å². The van der Waals surface area contributed by atoms with Crippen LogP contribution in [0.5, 0.6) is 0 Å². The van der Waals surface area contributed by atoms with Crippen LogP contribution in [0.25, 0.3) is 0 Å². The van der Waals surface area contributed by atoms with E-state index in [1.807, 2.05) is 24.3 Å². The largest absolute Gasteiger partial charge is 0.430 e. The van der Waals surface area contributed by atoms with Gasteiger partial charge in [-0.05, 0) is 35.2 Å². The molecule has 1 spiro atoms. The molecule has 0 radical (unpaired) electrons. The highest BCUT2D eigenvalue weighted by atomic mass is 35.5. The number of hydrogen-bond acceptors (Lipinski definition) is 6. The second kappa shape index (κ2) is 8.48. The molecule has 8 heteroatoms. The normalized spacial score (nSPS) is 18.4. The van der Waals surface area contributed by atoms with E-state index in [0.717, 1.165) is 5.71 Å². The average Bonchev–Trinajstić information content (AvgIpc) is 3.13. The summed E-state index contributed by atoms with van der Waals surface area (Å²) in [6.07, 6.45) is 3.23. The molecule has 2 aliphatic rings. The molecule has 0 bridgehead atoms. The summed E-state index contributed by atoms with van der Waals surface area (Å²) in [5, 5.41) is 9.26. The number of benzene rings is 1. The fourth-order valence-corrected chi connectivity index (χ4v) is 4.04. The molecule has 1 aromatic carbocycles. The van der Waals surface area contributed by atoms with Gasteiger partial charge >= 0.3 is 6.09 Å². The maximum Gasteiger partial charge on any atom is 0.430 e. The molecule has 2 aromatic rings. The summed E-state index contributed by atoms with van der Waals surface area (Å²) in [4.78, 5) is 27.9. The van der Waals surface area contributed by atoms with Gasteiger partial charge in [0.05, 0.1) is 5.02 Å². The lowest BCUT2D eigenvalue weighted by Crippen LogP contribution is -2.45. The Kier molecular flexibility index (Phi) is 5.90. The highest BCUT2D eigenvalue weighted by molar-refractivity contribution is 6.33. The van der Waals surface area contributed by atoms with Crippen molar-refractivity contribution in [2.75, 3.05) is 18.4 Å². The van der Waals surface area contributed by atoms with Crippen molar-refractivity contribution in [2.24, 2.45) is 5.16 Å². The van der Waals surface area contributed by atoms with Crippen LogP contribution in [-0.2, 0) is 15.1 Å². The number of rotatable bonds is 3. The number of piperidine rings is 1. The summed E-state index contributed by atoms with van der Waals surface area (Å²) in [7, 11) is 0. The minimum Gasteiger partial charge on any atom is -0.388 e. The maximum atomic E-state index is 12.3. The third-order valence-electron chi connectivity index (χ3n) is 5.71. The number of nitrogens with zero attached hydrogens (tertiary/aromatic N) is 3. The lowest BCUT2D eigenvalue weighted by atomic mass is 9.87. The number of anilines is 1. The Hall–Kier alpha value is -2.64. The minimum absolute atomic E-state index is 0.0661. The van der Waals surface area contributed by atoms with Gasteiger partial charge in [-0.15, -0.1) is 5.06 Å². The topological polar surface area (TPSA) is 76.0 Å². The summed E-state index contributed by atoms with van der Waals surface area (Å²) >= 11 is 6.24. The molecular weight excluding hydrogens is 416 g/mol. The van der Waals surface area contributed by atoms with Gasteiger partial charge in [0.25, 0.3) is 0 Å². The molecule has 1 aromatic heterocycles. The Morgan fingerprint density at radius 1 is 1.19 bits per heavy atom. The van der Waals surface area contributed by atoms with Crippen molar-refractivity contribution in [1.29, 1.82) is 0 Å². The van der Waals surface area contributed by atoms with Crippen LogP contribution in [0.15, 0.2) is 47.8 Å². The van der Waals surface area contributed by atoms with Crippen molar-refractivity contribution in [3.05, 3.63) is 58.9 Å². The number of halogens is 1. The summed E-state index contributed by atoms with van der Waals surface area (Å²) in [5.74, 6) is 0. The van der Waals surface area contributed by atoms with Crippen molar-refractivity contribution in [1.82, 2.24) is 10.0 Å². The number of carbonyl (C=O) groups excluding carboxylic acids is 1.